The molecule has 0 saturated carbocycles. The Morgan fingerprint density at radius 3 is 2.65 bits per heavy atom. The Hall–Kier alpha value is -0.900. The first-order chi connectivity index (χ1) is 8.36. The van der Waals surface area contributed by atoms with Gasteiger partial charge in [-0.3, -0.25) is 4.68 Å². The summed E-state index contributed by atoms with van der Waals surface area (Å²) < 4.78 is 1.96. The minimum atomic E-state index is 0.826. The Morgan fingerprint density at radius 2 is 1.88 bits per heavy atom. The summed E-state index contributed by atoms with van der Waals surface area (Å²) in [7, 11) is 0. The molecule has 1 heterocycles. The summed E-state index contributed by atoms with van der Waals surface area (Å²) in [5, 5.41) is 11.5. The van der Waals surface area contributed by atoms with E-state index in [0.717, 1.165) is 25.3 Å². The molecule has 1 N–H and O–H groups in total. The molecule has 0 radical (unpaired) electrons. The van der Waals surface area contributed by atoms with Crippen molar-refractivity contribution in [2.24, 2.45) is 0 Å². The predicted octanol–water partition coefficient (Wildman–Crippen LogP) is 2.75. The second-order valence-corrected chi connectivity index (χ2v) is 4.52. The van der Waals surface area contributed by atoms with Gasteiger partial charge in [0.25, 0.3) is 0 Å². The molecule has 1 aromatic rings. The van der Waals surface area contributed by atoms with Gasteiger partial charge in [0, 0.05) is 19.3 Å². The third-order valence-electron chi connectivity index (χ3n) is 2.88. The smallest absolute Gasteiger partial charge is 0.0964 e. The average Bonchev–Trinajstić information content (AvgIpc) is 2.79. The molecule has 0 atom stereocenters. The van der Waals surface area contributed by atoms with Crippen LogP contribution in [-0.4, -0.2) is 21.5 Å². The standard InChI is InChI=1S/C13H26N4/c1-3-5-6-7-8-9-10-17-12-13(15-16-17)11-14-4-2/h12,14H,3-11H2,1-2H3. The van der Waals surface area contributed by atoms with Gasteiger partial charge in [-0.05, 0) is 13.0 Å². The fourth-order valence-corrected chi connectivity index (χ4v) is 1.84. The second-order valence-electron chi connectivity index (χ2n) is 4.52. The van der Waals surface area contributed by atoms with Crippen molar-refractivity contribution in [1.82, 2.24) is 20.3 Å². The van der Waals surface area contributed by atoms with E-state index in [-0.39, 0.29) is 0 Å². The van der Waals surface area contributed by atoms with Gasteiger partial charge in [0.05, 0.1) is 5.69 Å². The molecule has 0 fully saturated rings. The first-order valence-electron chi connectivity index (χ1n) is 6.96. The van der Waals surface area contributed by atoms with E-state index in [9.17, 15) is 0 Å². The van der Waals surface area contributed by atoms with Gasteiger partial charge >= 0.3 is 0 Å². The van der Waals surface area contributed by atoms with Gasteiger partial charge in [-0.15, -0.1) is 5.10 Å². The molecule has 0 spiro atoms. The first kappa shape index (κ1) is 14.2. The first-order valence-corrected chi connectivity index (χ1v) is 6.96. The molecule has 0 unspecified atom stereocenters. The van der Waals surface area contributed by atoms with Crippen LogP contribution in [0.4, 0.5) is 0 Å². The number of aryl methyl sites for hydroxylation is 1. The van der Waals surface area contributed by atoms with Gasteiger partial charge in [-0.1, -0.05) is 51.2 Å². The Kier molecular flexibility index (Phi) is 7.63. The van der Waals surface area contributed by atoms with Gasteiger partial charge in [-0.25, -0.2) is 0 Å². The fraction of sp³-hybridized carbons (Fsp3) is 0.846. The summed E-state index contributed by atoms with van der Waals surface area (Å²) in [6.45, 7) is 7.16. The van der Waals surface area contributed by atoms with E-state index in [1.807, 2.05) is 4.68 Å². The summed E-state index contributed by atoms with van der Waals surface area (Å²) in [6, 6.07) is 0. The highest BCUT2D eigenvalue weighted by Crippen LogP contribution is 2.06. The van der Waals surface area contributed by atoms with Crippen LogP contribution in [0, 0.1) is 0 Å². The number of rotatable bonds is 10. The van der Waals surface area contributed by atoms with Gasteiger partial charge < -0.3 is 5.32 Å². The van der Waals surface area contributed by atoms with Crippen molar-refractivity contribution in [3.63, 3.8) is 0 Å². The Labute approximate surface area is 105 Å². The van der Waals surface area contributed by atoms with Crippen molar-refractivity contribution >= 4 is 0 Å². The van der Waals surface area contributed by atoms with Crippen LogP contribution in [0.5, 0.6) is 0 Å². The predicted molar refractivity (Wildman–Crippen MR) is 70.8 cm³/mol. The largest absolute Gasteiger partial charge is 0.311 e. The van der Waals surface area contributed by atoms with E-state index in [1.165, 1.54) is 38.5 Å². The zero-order valence-electron chi connectivity index (χ0n) is 11.3. The van der Waals surface area contributed by atoms with Crippen molar-refractivity contribution in [3.8, 4) is 0 Å². The number of nitrogens with zero attached hydrogens (tertiary/aromatic N) is 3. The molecule has 4 nitrogen and oxygen atoms in total. The Morgan fingerprint density at radius 1 is 1.12 bits per heavy atom. The lowest BCUT2D eigenvalue weighted by Gasteiger charge is -2.00. The third kappa shape index (κ3) is 6.41. The normalized spacial score (nSPS) is 10.9. The SMILES string of the molecule is CCCCCCCCn1cc(CNCC)nn1. The topological polar surface area (TPSA) is 42.7 Å². The van der Waals surface area contributed by atoms with Crippen molar-refractivity contribution in [3.05, 3.63) is 11.9 Å². The third-order valence-corrected chi connectivity index (χ3v) is 2.88. The molecule has 1 aromatic heterocycles. The second kappa shape index (κ2) is 9.16. The maximum absolute atomic E-state index is 4.13. The van der Waals surface area contributed by atoms with Crippen LogP contribution in [0.1, 0.15) is 58.1 Å². The van der Waals surface area contributed by atoms with Crippen LogP contribution in [-0.2, 0) is 13.1 Å². The summed E-state index contributed by atoms with van der Waals surface area (Å²) in [5.41, 5.74) is 1.04. The van der Waals surface area contributed by atoms with Crippen molar-refractivity contribution in [1.29, 1.82) is 0 Å². The molecule has 0 aliphatic heterocycles. The molecule has 98 valence electrons. The molecule has 0 saturated heterocycles. The molecule has 1 rings (SSSR count). The fourth-order valence-electron chi connectivity index (χ4n) is 1.84. The maximum atomic E-state index is 4.13. The van der Waals surface area contributed by atoms with E-state index < -0.39 is 0 Å². The lowest BCUT2D eigenvalue weighted by atomic mass is 10.1. The molecule has 0 amide bonds. The number of unbranched alkanes of at least 4 members (excludes halogenated alkanes) is 5. The van der Waals surface area contributed by atoms with Crippen LogP contribution in [0.2, 0.25) is 0 Å². The summed E-state index contributed by atoms with van der Waals surface area (Å²) in [4.78, 5) is 0. The Balaban J connectivity index is 2.08. The van der Waals surface area contributed by atoms with Crippen molar-refractivity contribution < 1.29 is 0 Å². The monoisotopic (exact) mass is 238 g/mol. The lowest BCUT2D eigenvalue weighted by Crippen LogP contribution is -2.11. The molecular formula is C13H26N4. The van der Waals surface area contributed by atoms with E-state index in [0.29, 0.717) is 0 Å². The van der Waals surface area contributed by atoms with Gasteiger partial charge in [0.15, 0.2) is 0 Å². The lowest BCUT2D eigenvalue weighted by molar-refractivity contribution is 0.516. The molecule has 0 aliphatic carbocycles. The van der Waals surface area contributed by atoms with Crippen LogP contribution in [0.15, 0.2) is 6.20 Å². The van der Waals surface area contributed by atoms with Crippen LogP contribution < -0.4 is 5.32 Å². The highest BCUT2D eigenvalue weighted by atomic mass is 15.4. The highest BCUT2D eigenvalue weighted by molar-refractivity contribution is 4.91. The molecule has 0 bridgehead atoms. The summed E-state index contributed by atoms with van der Waals surface area (Å²) in [6.07, 6.45) is 9.99. The summed E-state index contributed by atoms with van der Waals surface area (Å²) in [5.74, 6) is 0. The maximum Gasteiger partial charge on any atom is 0.0964 e. The number of hydrogen-bond acceptors (Lipinski definition) is 3. The minimum absolute atomic E-state index is 0.826. The van der Waals surface area contributed by atoms with E-state index >= 15 is 0 Å². The van der Waals surface area contributed by atoms with Gasteiger partial charge in [-0.2, -0.15) is 0 Å². The van der Waals surface area contributed by atoms with E-state index in [1.54, 1.807) is 0 Å². The highest BCUT2D eigenvalue weighted by Gasteiger charge is 1.99. The molecule has 4 heteroatoms. The average molecular weight is 238 g/mol. The van der Waals surface area contributed by atoms with Gasteiger partial charge in [0.2, 0.25) is 0 Å². The van der Waals surface area contributed by atoms with Crippen LogP contribution in [0.25, 0.3) is 0 Å². The van der Waals surface area contributed by atoms with E-state index in [2.05, 4.69) is 35.7 Å². The number of aromatic nitrogens is 3. The van der Waals surface area contributed by atoms with E-state index in [4.69, 9.17) is 0 Å². The number of hydrogen-bond donors (Lipinski definition) is 1. The zero-order valence-corrected chi connectivity index (χ0v) is 11.3. The summed E-state index contributed by atoms with van der Waals surface area (Å²) >= 11 is 0. The Bertz CT molecular complexity index is 283. The van der Waals surface area contributed by atoms with Gasteiger partial charge in [0.1, 0.15) is 0 Å². The quantitative estimate of drug-likeness (QED) is 0.637. The molecule has 0 aromatic carbocycles. The molecule has 17 heavy (non-hydrogen) atoms. The van der Waals surface area contributed by atoms with Crippen LogP contribution >= 0.6 is 0 Å². The van der Waals surface area contributed by atoms with Crippen molar-refractivity contribution in [2.75, 3.05) is 6.54 Å². The minimum Gasteiger partial charge on any atom is -0.311 e. The van der Waals surface area contributed by atoms with Crippen molar-refractivity contribution in [2.45, 2.75) is 65.5 Å². The molecule has 0 aliphatic rings. The number of nitrogens with one attached hydrogen (secondary N) is 1. The van der Waals surface area contributed by atoms with Crippen LogP contribution in [0.3, 0.4) is 0 Å². The zero-order chi connectivity index (χ0) is 12.3. The molecular weight excluding hydrogens is 212 g/mol.